The molecule has 1 saturated heterocycles. The lowest BCUT2D eigenvalue weighted by atomic mass is 9.53. The van der Waals surface area contributed by atoms with E-state index < -0.39 is 0 Å². The van der Waals surface area contributed by atoms with Crippen molar-refractivity contribution in [1.29, 1.82) is 0 Å². The molecule has 3 aliphatic rings. The molecular formula is C25H29BrN2O. The monoisotopic (exact) mass is 452 g/mol. The van der Waals surface area contributed by atoms with Crippen LogP contribution in [-0.4, -0.2) is 25.5 Å². The predicted octanol–water partition coefficient (Wildman–Crippen LogP) is 5.00. The molecule has 0 aromatic heterocycles. The summed E-state index contributed by atoms with van der Waals surface area (Å²) in [6.07, 6.45) is 8.15. The van der Waals surface area contributed by atoms with Gasteiger partial charge in [0, 0.05) is 28.7 Å². The van der Waals surface area contributed by atoms with Gasteiger partial charge in [-0.2, -0.15) is 0 Å². The van der Waals surface area contributed by atoms with Gasteiger partial charge in [-0.3, -0.25) is 4.79 Å². The Morgan fingerprint density at radius 3 is 2.97 bits per heavy atom. The number of piperidine rings is 1. The first kappa shape index (κ1) is 19.3. The minimum atomic E-state index is 0.139. The van der Waals surface area contributed by atoms with E-state index in [9.17, 15) is 4.79 Å². The van der Waals surface area contributed by atoms with Crippen LogP contribution in [0.15, 0.2) is 46.9 Å². The second-order valence-corrected chi connectivity index (χ2v) is 10.0. The number of likely N-dealkylation sites (N-methyl/N-ethyl adjacent to an activating group) is 1. The zero-order valence-electron chi connectivity index (χ0n) is 17.1. The summed E-state index contributed by atoms with van der Waals surface area (Å²) in [6.45, 7) is 1.13. The third kappa shape index (κ3) is 3.34. The molecule has 1 aliphatic heterocycles. The molecule has 0 radical (unpaired) electrons. The number of hydrogen-bond donors (Lipinski definition) is 1. The fraction of sp³-hybridized carbons (Fsp3) is 0.480. The molecule has 2 aromatic rings. The number of anilines is 1. The fourth-order valence-corrected chi connectivity index (χ4v) is 6.65. The summed E-state index contributed by atoms with van der Waals surface area (Å²) in [5, 5.41) is 3.80. The Bertz CT molecular complexity index is 938. The Hall–Kier alpha value is -1.65. The van der Waals surface area contributed by atoms with Gasteiger partial charge in [0.1, 0.15) is 0 Å². The van der Waals surface area contributed by atoms with Gasteiger partial charge in [0.2, 0.25) is 5.91 Å². The number of nitrogens with zero attached hydrogens (tertiary/aromatic N) is 1. The van der Waals surface area contributed by atoms with Crippen LogP contribution in [0.2, 0.25) is 0 Å². The molecule has 3 atom stereocenters. The Labute approximate surface area is 182 Å². The van der Waals surface area contributed by atoms with Crippen molar-refractivity contribution in [3.05, 3.63) is 63.6 Å². The summed E-state index contributed by atoms with van der Waals surface area (Å²) >= 11 is 3.50. The number of nitrogens with one attached hydrogen (secondary N) is 1. The van der Waals surface area contributed by atoms with E-state index in [1.54, 1.807) is 5.56 Å². The summed E-state index contributed by atoms with van der Waals surface area (Å²) in [7, 11) is 1.92. The highest BCUT2D eigenvalue weighted by Crippen LogP contribution is 2.54. The SMILES string of the molecule is CN(C(=O)Cc1cccc(Br)c1)c1ccc2c(c1)[C@@]13CCCC[C@H]1[C@@H](C2)NCC3. The van der Waals surface area contributed by atoms with Gasteiger partial charge in [-0.1, -0.05) is 47.0 Å². The average molecular weight is 453 g/mol. The third-order valence-corrected chi connectivity index (χ3v) is 8.13. The maximum atomic E-state index is 13.0. The van der Waals surface area contributed by atoms with Crippen LogP contribution in [0.1, 0.15) is 48.8 Å². The topological polar surface area (TPSA) is 32.3 Å². The van der Waals surface area contributed by atoms with Crippen molar-refractivity contribution in [2.75, 3.05) is 18.5 Å². The molecule has 2 aliphatic carbocycles. The van der Waals surface area contributed by atoms with E-state index in [-0.39, 0.29) is 5.91 Å². The first-order chi connectivity index (χ1) is 14.1. The Morgan fingerprint density at radius 2 is 2.10 bits per heavy atom. The number of rotatable bonds is 3. The smallest absolute Gasteiger partial charge is 0.231 e. The first-order valence-electron chi connectivity index (χ1n) is 10.9. The molecule has 0 unspecified atom stereocenters. The normalized spacial score (nSPS) is 27.7. The number of fused-ring (bicyclic) bond motifs is 1. The van der Waals surface area contributed by atoms with E-state index in [2.05, 4.69) is 39.4 Å². The maximum Gasteiger partial charge on any atom is 0.231 e. The van der Waals surface area contributed by atoms with Gasteiger partial charge in [0.25, 0.3) is 0 Å². The summed E-state index contributed by atoms with van der Waals surface area (Å²) in [5.41, 5.74) is 5.45. The van der Waals surface area contributed by atoms with Crippen molar-refractivity contribution in [3.8, 4) is 0 Å². The summed E-state index contributed by atoms with van der Waals surface area (Å²) in [6, 6.07) is 15.5. The number of halogens is 1. The number of benzene rings is 2. The Kier molecular flexibility index (Phi) is 5.03. The van der Waals surface area contributed by atoms with E-state index in [0.29, 0.717) is 17.9 Å². The van der Waals surface area contributed by atoms with Crippen molar-refractivity contribution in [2.45, 2.75) is 56.4 Å². The van der Waals surface area contributed by atoms with Gasteiger partial charge in [-0.05, 0) is 79.1 Å². The quantitative estimate of drug-likeness (QED) is 0.710. The van der Waals surface area contributed by atoms with Gasteiger partial charge in [-0.15, -0.1) is 0 Å². The van der Waals surface area contributed by atoms with Crippen LogP contribution in [-0.2, 0) is 23.1 Å². The first-order valence-corrected chi connectivity index (χ1v) is 11.7. The van der Waals surface area contributed by atoms with Gasteiger partial charge in [0.15, 0.2) is 0 Å². The number of hydrogen-bond acceptors (Lipinski definition) is 2. The number of carbonyl (C=O) groups excluding carboxylic acids is 1. The fourth-order valence-electron chi connectivity index (χ4n) is 6.21. The van der Waals surface area contributed by atoms with Crippen molar-refractivity contribution < 1.29 is 4.79 Å². The molecule has 1 amide bonds. The van der Waals surface area contributed by atoms with Gasteiger partial charge < -0.3 is 10.2 Å². The van der Waals surface area contributed by atoms with E-state index in [1.165, 1.54) is 37.7 Å². The van der Waals surface area contributed by atoms with Crippen LogP contribution < -0.4 is 10.2 Å². The zero-order chi connectivity index (χ0) is 20.0. The van der Waals surface area contributed by atoms with E-state index in [1.807, 2.05) is 36.2 Å². The molecule has 2 fully saturated rings. The largest absolute Gasteiger partial charge is 0.315 e. The molecule has 2 aromatic carbocycles. The van der Waals surface area contributed by atoms with Crippen LogP contribution in [0.5, 0.6) is 0 Å². The van der Waals surface area contributed by atoms with Crippen molar-refractivity contribution in [2.24, 2.45) is 5.92 Å². The molecule has 29 heavy (non-hydrogen) atoms. The minimum absolute atomic E-state index is 0.139. The van der Waals surface area contributed by atoms with Crippen LogP contribution in [0, 0.1) is 5.92 Å². The second-order valence-electron chi connectivity index (χ2n) is 9.12. The van der Waals surface area contributed by atoms with Gasteiger partial charge in [0.05, 0.1) is 6.42 Å². The number of carbonyl (C=O) groups is 1. The third-order valence-electron chi connectivity index (χ3n) is 7.64. The molecule has 2 bridgehead atoms. The molecule has 1 heterocycles. The van der Waals surface area contributed by atoms with Crippen LogP contribution >= 0.6 is 15.9 Å². The summed E-state index contributed by atoms with van der Waals surface area (Å²) < 4.78 is 1.02. The molecule has 5 rings (SSSR count). The lowest BCUT2D eigenvalue weighted by molar-refractivity contribution is -0.117. The zero-order valence-corrected chi connectivity index (χ0v) is 18.7. The lowest BCUT2D eigenvalue weighted by Gasteiger charge is -2.56. The highest BCUT2D eigenvalue weighted by molar-refractivity contribution is 9.10. The molecule has 0 spiro atoms. The van der Waals surface area contributed by atoms with Crippen LogP contribution in [0.4, 0.5) is 5.69 Å². The Balaban J connectivity index is 1.45. The van der Waals surface area contributed by atoms with E-state index >= 15 is 0 Å². The van der Waals surface area contributed by atoms with Crippen LogP contribution in [0.3, 0.4) is 0 Å². The minimum Gasteiger partial charge on any atom is -0.315 e. The predicted molar refractivity (Wildman–Crippen MR) is 121 cm³/mol. The van der Waals surface area contributed by atoms with Gasteiger partial charge >= 0.3 is 0 Å². The Morgan fingerprint density at radius 1 is 1.21 bits per heavy atom. The maximum absolute atomic E-state index is 13.0. The highest BCUT2D eigenvalue weighted by Gasteiger charge is 2.51. The summed E-state index contributed by atoms with van der Waals surface area (Å²) in [5.74, 6) is 0.898. The standard InChI is InChI=1S/C25H29BrN2O/c1-28(24(29)14-17-5-4-6-19(26)13-17)20-9-8-18-15-23-21-7-2-3-10-25(21,11-12-27-23)22(18)16-20/h4-6,8-9,13,16,21,23,27H,2-3,7,10-12,14-15H2,1H3/t21-,23+,25+/m0/s1. The van der Waals surface area contributed by atoms with Gasteiger partial charge in [-0.25, -0.2) is 0 Å². The molecule has 4 heteroatoms. The van der Waals surface area contributed by atoms with Crippen molar-refractivity contribution in [3.63, 3.8) is 0 Å². The van der Waals surface area contributed by atoms with Crippen molar-refractivity contribution in [1.82, 2.24) is 5.32 Å². The lowest BCUT2D eigenvalue weighted by Crippen LogP contribution is -2.59. The average Bonchev–Trinajstić information content (AvgIpc) is 2.73. The summed E-state index contributed by atoms with van der Waals surface area (Å²) in [4.78, 5) is 14.8. The second kappa shape index (κ2) is 7.55. The van der Waals surface area contributed by atoms with E-state index in [4.69, 9.17) is 0 Å². The number of amides is 1. The van der Waals surface area contributed by atoms with Crippen LogP contribution in [0.25, 0.3) is 0 Å². The molecule has 1 N–H and O–H groups in total. The van der Waals surface area contributed by atoms with E-state index in [0.717, 1.165) is 34.6 Å². The molecule has 1 saturated carbocycles. The molecular weight excluding hydrogens is 424 g/mol. The molecule has 3 nitrogen and oxygen atoms in total. The molecule has 152 valence electrons. The van der Waals surface area contributed by atoms with Crippen molar-refractivity contribution >= 4 is 27.5 Å². The highest BCUT2D eigenvalue weighted by atomic mass is 79.9.